The standard InChI is InChI=1S/C18H26N4O/c1-23-18(10-12-21-16-6-2-14(19)3-7-16)11-13-22-17-8-4-15(20)5-9-17/h2-9,18,21-22H,10-13,19-20H2,1H3. The second-order valence-electron chi connectivity index (χ2n) is 5.53. The molecule has 0 heterocycles. The van der Waals surface area contributed by atoms with Crippen LogP contribution in [-0.2, 0) is 4.74 Å². The highest BCUT2D eigenvalue weighted by molar-refractivity contribution is 5.51. The van der Waals surface area contributed by atoms with Crippen LogP contribution in [0.4, 0.5) is 22.7 Å². The van der Waals surface area contributed by atoms with Crippen molar-refractivity contribution in [1.29, 1.82) is 0 Å². The molecule has 0 aromatic heterocycles. The third-order valence-corrected chi connectivity index (χ3v) is 3.75. The van der Waals surface area contributed by atoms with Gasteiger partial charge in [-0.3, -0.25) is 0 Å². The van der Waals surface area contributed by atoms with E-state index in [2.05, 4.69) is 10.6 Å². The SMILES string of the molecule is COC(CCNc1ccc(N)cc1)CCNc1ccc(N)cc1. The molecule has 0 fully saturated rings. The summed E-state index contributed by atoms with van der Waals surface area (Å²) < 4.78 is 5.54. The van der Waals surface area contributed by atoms with Crippen LogP contribution in [0.15, 0.2) is 48.5 Å². The van der Waals surface area contributed by atoms with E-state index < -0.39 is 0 Å². The van der Waals surface area contributed by atoms with Crippen molar-refractivity contribution >= 4 is 22.7 Å². The van der Waals surface area contributed by atoms with Crippen LogP contribution in [0.1, 0.15) is 12.8 Å². The summed E-state index contributed by atoms with van der Waals surface area (Å²) in [5, 5.41) is 6.76. The second-order valence-corrected chi connectivity index (χ2v) is 5.53. The number of methoxy groups -OCH3 is 1. The Morgan fingerprint density at radius 3 is 1.52 bits per heavy atom. The van der Waals surface area contributed by atoms with Crippen molar-refractivity contribution in [3.8, 4) is 0 Å². The lowest BCUT2D eigenvalue weighted by Crippen LogP contribution is -2.19. The molecule has 0 saturated heterocycles. The van der Waals surface area contributed by atoms with Gasteiger partial charge in [-0.15, -0.1) is 0 Å². The average Bonchev–Trinajstić information content (AvgIpc) is 2.57. The largest absolute Gasteiger partial charge is 0.399 e. The summed E-state index contributed by atoms with van der Waals surface area (Å²) in [6, 6.07) is 15.5. The van der Waals surface area contributed by atoms with Crippen molar-refractivity contribution in [3.63, 3.8) is 0 Å². The number of rotatable bonds is 9. The van der Waals surface area contributed by atoms with Gasteiger partial charge in [-0.2, -0.15) is 0 Å². The second kappa shape index (κ2) is 8.90. The van der Waals surface area contributed by atoms with Crippen LogP contribution in [0.5, 0.6) is 0 Å². The molecule has 2 rings (SSSR count). The van der Waals surface area contributed by atoms with E-state index in [0.29, 0.717) is 0 Å². The van der Waals surface area contributed by atoms with Gasteiger partial charge < -0.3 is 26.8 Å². The van der Waals surface area contributed by atoms with Crippen LogP contribution in [0.25, 0.3) is 0 Å². The van der Waals surface area contributed by atoms with Gasteiger partial charge in [0.15, 0.2) is 0 Å². The molecule has 0 bridgehead atoms. The van der Waals surface area contributed by atoms with Crippen molar-refractivity contribution in [3.05, 3.63) is 48.5 Å². The molecule has 5 nitrogen and oxygen atoms in total. The summed E-state index contributed by atoms with van der Waals surface area (Å²) in [6.07, 6.45) is 2.12. The predicted molar refractivity (Wildman–Crippen MR) is 98.7 cm³/mol. The van der Waals surface area contributed by atoms with E-state index in [-0.39, 0.29) is 6.10 Å². The van der Waals surface area contributed by atoms with Crippen molar-refractivity contribution in [1.82, 2.24) is 0 Å². The third kappa shape index (κ3) is 6.08. The molecule has 0 saturated carbocycles. The maximum Gasteiger partial charge on any atom is 0.0604 e. The number of nitrogens with one attached hydrogen (secondary N) is 2. The predicted octanol–water partition coefficient (Wildman–Crippen LogP) is 3.17. The molecular weight excluding hydrogens is 288 g/mol. The highest BCUT2D eigenvalue weighted by atomic mass is 16.5. The molecule has 0 spiro atoms. The molecule has 0 atom stereocenters. The number of anilines is 4. The Balaban J connectivity index is 1.66. The molecule has 6 N–H and O–H groups in total. The van der Waals surface area contributed by atoms with Crippen molar-refractivity contribution in [2.75, 3.05) is 42.3 Å². The maximum atomic E-state index is 5.67. The Bertz CT molecular complexity index is 517. The zero-order chi connectivity index (χ0) is 16.5. The normalized spacial score (nSPS) is 10.7. The lowest BCUT2D eigenvalue weighted by molar-refractivity contribution is 0.0938. The number of benzene rings is 2. The van der Waals surface area contributed by atoms with Crippen LogP contribution in [0, 0.1) is 0 Å². The molecule has 0 aliphatic heterocycles. The van der Waals surface area contributed by atoms with Gasteiger partial charge in [-0.25, -0.2) is 0 Å². The van der Waals surface area contributed by atoms with E-state index in [1.807, 2.05) is 48.5 Å². The average molecular weight is 314 g/mol. The first-order valence-electron chi connectivity index (χ1n) is 7.89. The van der Waals surface area contributed by atoms with Gasteiger partial charge in [-0.1, -0.05) is 0 Å². The van der Waals surface area contributed by atoms with Crippen LogP contribution < -0.4 is 22.1 Å². The fraction of sp³-hybridized carbons (Fsp3) is 0.333. The van der Waals surface area contributed by atoms with Crippen LogP contribution in [0.3, 0.4) is 0 Å². The van der Waals surface area contributed by atoms with E-state index in [4.69, 9.17) is 16.2 Å². The number of nitrogens with two attached hydrogens (primary N) is 2. The Hall–Kier alpha value is -2.40. The molecule has 0 amide bonds. The summed E-state index contributed by atoms with van der Waals surface area (Å²) in [7, 11) is 1.76. The fourth-order valence-corrected chi connectivity index (χ4v) is 2.34. The number of ether oxygens (including phenoxy) is 1. The first kappa shape index (κ1) is 17.0. The highest BCUT2D eigenvalue weighted by Crippen LogP contribution is 2.13. The van der Waals surface area contributed by atoms with Gasteiger partial charge in [0.25, 0.3) is 0 Å². The number of nitrogen functional groups attached to an aromatic ring is 2. The van der Waals surface area contributed by atoms with Crippen LogP contribution in [-0.4, -0.2) is 26.3 Å². The minimum atomic E-state index is 0.220. The van der Waals surface area contributed by atoms with E-state index >= 15 is 0 Å². The van der Waals surface area contributed by atoms with Gasteiger partial charge in [-0.05, 0) is 61.4 Å². The molecule has 0 aliphatic carbocycles. The summed E-state index contributed by atoms with van der Waals surface area (Å²) in [6.45, 7) is 1.73. The Kier molecular flexibility index (Phi) is 6.56. The first-order chi connectivity index (χ1) is 11.2. The molecule has 23 heavy (non-hydrogen) atoms. The van der Waals surface area contributed by atoms with E-state index in [1.54, 1.807) is 7.11 Å². The van der Waals surface area contributed by atoms with E-state index in [1.165, 1.54) is 0 Å². The molecule has 0 aliphatic rings. The van der Waals surface area contributed by atoms with E-state index in [9.17, 15) is 0 Å². The van der Waals surface area contributed by atoms with Gasteiger partial charge >= 0.3 is 0 Å². The van der Waals surface area contributed by atoms with Gasteiger partial charge in [0, 0.05) is 42.9 Å². The van der Waals surface area contributed by atoms with E-state index in [0.717, 1.165) is 48.7 Å². The molecule has 2 aromatic carbocycles. The Labute approximate surface area is 138 Å². The molecule has 0 unspecified atom stereocenters. The zero-order valence-corrected chi connectivity index (χ0v) is 13.6. The van der Waals surface area contributed by atoms with Gasteiger partial charge in [0.1, 0.15) is 0 Å². The number of hydrogen-bond donors (Lipinski definition) is 4. The van der Waals surface area contributed by atoms with Crippen molar-refractivity contribution in [2.24, 2.45) is 0 Å². The molecule has 0 radical (unpaired) electrons. The topological polar surface area (TPSA) is 85.3 Å². The summed E-state index contributed by atoms with van der Waals surface area (Å²) in [5.41, 5.74) is 15.1. The van der Waals surface area contributed by atoms with Crippen LogP contribution in [0.2, 0.25) is 0 Å². The van der Waals surface area contributed by atoms with Gasteiger partial charge in [0.2, 0.25) is 0 Å². The van der Waals surface area contributed by atoms with Crippen LogP contribution >= 0.6 is 0 Å². The Morgan fingerprint density at radius 2 is 1.17 bits per heavy atom. The molecular formula is C18H26N4O. The third-order valence-electron chi connectivity index (χ3n) is 3.75. The smallest absolute Gasteiger partial charge is 0.0604 e. The summed E-state index contributed by atoms with van der Waals surface area (Å²) >= 11 is 0. The maximum absolute atomic E-state index is 5.67. The van der Waals surface area contributed by atoms with Crippen molar-refractivity contribution < 1.29 is 4.74 Å². The molecule has 5 heteroatoms. The monoisotopic (exact) mass is 314 g/mol. The minimum Gasteiger partial charge on any atom is -0.399 e. The molecule has 124 valence electrons. The fourth-order valence-electron chi connectivity index (χ4n) is 2.34. The zero-order valence-electron chi connectivity index (χ0n) is 13.6. The number of hydrogen-bond acceptors (Lipinski definition) is 5. The van der Waals surface area contributed by atoms with Gasteiger partial charge in [0.05, 0.1) is 6.10 Å². The van der Waals surface area contributed by atoms with Crippen molar-refractivity contribution in [2.45, 2.75) is 18.9 Å². The lowest BCUT2D eigenvalue weighted by atomic mass is 10.1. The summed E-state index contributed by atoms with van der Waals surface area (Å²) in [4.78, 5) is 0. The first-order valence-corrected chi connectivity index (χ1v) is 7.89. The lowest BCUT2D eigenvalue weighted by Gasteiger charge is -2.17. The molecule has 2 aromatic rings. The summed E-state index contributed by atoms with van der Waals surface area (Å²) in [5.74, 6) is 0. The Morgan fingerprint density at radius 1 is 0.783 bits per heavy atom. The minimum absolute atomic E-state index is 0.220. The quantitative estimate of drug-likeness (QED) is 0.534. The highest BCUT2D eigenvalue weighted by Gasteiger charge is 2.06.